The molecule has 0 fully saturated rings. The summed E-state index contributed by atoms with van der Waals surface area (Å²) in [7, 11) is 0. The molecule has 2 heterocycles. The highest BCUT2D eigenvalue weighted by Crippen LogP contribution is 2.42. The van der Waals surface area contributed by atoms with Gasteiger partial charge in [0, 0.05) is 6.20 Å². The molecule has 34 heavy (non-hydrogen) atoms. The Morgan fingerprint density at radius 2 is 1.71 bits per heavy atom. The van der Waals surface area contributed by atoms with Gasteiger partial charge in [-0.1, -0.05) is 66.2 Å². The van der Waals surface area contributed by atoms with E-state index in [-0.39, 0.29) is 22.6 Å². The second-order valence-electron chi connectivity index (χ2n) is 8.82. The molecule has 0 aliphatic heterocycles. The minimum atomic E-state index is -3.10. The first-order valence-corrected chi connectivity index (χ1v) is 11.9. The molecule has 1 N–H and O–H groups in total. The van der Waals surface area contributed by atoms with E-state index in [0.29, 0.717) is 15.8 Å². The molecule has 4 rings (SSSR count). The van der Waals surface area contributed by atoms with Crippen molar-refractivity contribution in [3.63, 3.8) is 0 Å². The van der Waals surface area contributed by atoms with Crippen LogP contribution >= 0.6 is 22.9 Å². The van der Waals surface area contributed by atoms with Crippen LogP contribution in [0.1, 0.15) is 19.4 Å². The van der Waals surface area contributed by atoms with Gasteiger partial charge < -0.3 is 9.67 Å². The Morgan fingerprint density at radius 3 is 2.38 bits per heavy atom. The zero-order valence-corrected chi connectivity index (χ0v) is 20.1. The van der Waals surface area contributed by atoms with Crippen LogP contribution in [0.3, 0.4) is 0 Å². The van der Waals surface area contributed by atoms with E-state index in [9.17, 15) is 18.7 Å². The lowest BCUT2D eigenvalue weighted by atomic mass is 9.72. The van der Waals surface area contributed by atoms with Crippen molar-refractivity contribution in [2.75, 3.05) is 0 Å². The van der Waals surface area contributed by atoms with E-state index >= 15 is 4.39 Å². The molecule has 0 saturated carbocycles. The quantitative estimate of drug-likeness (QED) is 0.304. The highest BCUT2D eigenvalue weighted by Gasteiger charge is 2.53. The first-order valence-electron chi connectivity index (χ1n) is 10.6. The first kappa shape index (κ1) is 24.5. The van der Waals surface area contributed by atoms with Gasteiger partial charge in [0.15, 0.2) is 0 Å². The van der Waals surface area contributed by atoms with Crippen molar-refractivity contribution in [1.29, 1.82) is 0 Å². The van der Waals surface area contributed by atoms with Gasteiger partial charge in [-0.05, 0) is 42.0 Å². The summed E-state index contributed by atoms with van der Waals surface area (Å²) in [4.78, 5) is 12.3. The van der Waals surface area contributed by atoms with Gasteiger partial charge in [-0.2, -0.15) is 0 Å². The Labute approximate surface area is 204 Å². The number of fused-ring (bicyclic) bond motifs is 1. The van der Waals surface area contributed by atoms with Gasteiger partial charge in [0.2, 0.25) is 5.43 Å². The summed E-state index contributed by atoms with van der Waals surface area (Å²) in [6.07, 6.45) is -4.15. The highest BCUT2D eigenvalue weighted by atomic mass is 35.5. The largest absolute Gasteiger partial charge is 0.385 e. The van der Waals surface area contributed by atoms with Gasteiger partial charge in [0.25, 0.3) is 6.43 Å². The van der Waals surface area contributed by atoms with Gasteiger partial charge in [-0.3, -0.25) is 4.79 Å². The molecule has 2 aromatic heterocycles. The number of alkyl halides is 3. The average molecular weight is 506 g/mol. The van der Waals surface area contributed by atoms with E-state index in [1.807, 2.05) is 30.3 Å². The first-order chi connectivity index (χ1) is 16.1. The molecule has 0 aliphatic carbocycles. The summed E-state index contributed by atoms with van der Waals surface area (Å²) < 4.78 is 46.9. The van der Waals surface area contributed by atoms with Crippen LogP contribution in [0.25, 0.3) is 21.3 Å². The molecular weight excluding hydrogens is 483 g/mol. The summed E-state index contributed by atoms with van der Waals surface area (Å²) in [5.74, 6) is 0. The maximum Gasteiger partial charge on any atom is 0.250 e. The van der Waals surface area contributed by atoms with Crippen LogP contribution in [0.5, 0.6) is 0 Å². The molecule has 3 nitrogen and oxygen atoms in total. The SMILES string of the molecule is CC(O)(Cn1cc(Cl)c(=O)c2sccc21)C(F)C(C)(c1cccc(-c2ccccc2)c1)C(F)F. The molecule has 2 aromatic carbocycles. The van der Waals surface area contributed by atoms with Crippen LogP contribution in [-0.4, -0.2) is 27.9 Å². The third kappa shape index (κ3) is 4.28. The zero-order chi connectivity index (χ0) is 24.7. The number of thiophene rings is 1. The van der Waals surface area contributed by atoms with Crippen LogP contribution in [0.4, 0.5) is 13.2 Å². The number of hydrogen-bond donors (Lipinski definition) is 1. The second-order valence-corrected chi connectivity index (χ2v) is 10.1. The van der Waals surface area contributed by atoms with Gasteiger partial charge in [-0.25, -0.2) is 13.2 Å². The number of nitrogens with zero attached hydrogens (tertiary/aromatic N) is 1. The van der Waals surface area contributed by atoms with Gasteiger partial charge in [0.1, 0.15) is 16.8 Å². The number of aliphatic hydroxyl groups is 1. The van der Waals surface area contributed by atoms with Crippen LogP contribution in [-0.2, 0) is 12.0 Å². The van der Waals surface area contributed by atoms with Crippen LogP contribution in [0.15, 0.2) is 77.0 Å². The molecular formula is C26H23ClF3NO2S. The maximum absolute atomic E-state index is 16.1. The van der Waals surface area contributed by atoms with Crippen molar-refractivity contribution in [2.24, 2.45) is 0 Å². The van der Waals surface area contributed by atoms with Crippen molar-refractivity contribution in [3.05, 3.63) is 93.0 Å². The monoisotopic (exact) mass is 505 g/mol. The molecule has 178 valence electrons. The summed E-state index contributed by atoms with van der Waals surface area (Å²) in [5.41, 5.74) is -2.86. The van der Waals surface area contributed by atoms with Crippen LogP contribution < -0.4 is 5.43 Å². The smallest absolute Gasteiger partial charge is 0.250 e. The van der Waals surface area contributed by atoms with Crippen LogP contribution in [0, 0.1) is 0 Å². The Bertz CT molecular complexity index is 1370. The Hall–Kier alpha value is -2.61. The minimum absolute atomic E-state index is 0.0789. The lowest BCUT2D eigenvalue weighted by Gasteiger charge is -2.41. The van der Waals surface area contributed by atoms with Crippen molar-refractivity contribution in [3.8, 4) is 11.1 Å². The number of pyridine rings is 1. The second kappa shape index (κ2) is 9.21. The van der Waals surface area contributed by atoms with Gasteiger partial charge in [0.05, 0.1) is 22.2 Å². The predicted octanol–water partition coefficient (Wildman–Crippen LogP) is 6.70. The van der Waals surface area contributed by atoms with E-state index in [2.05, 4.69) is 0 Å². The normalized spacial score (nSPS) is 16.4. The summed E-state index contributed by atoms with van der Waals surface area (Å²) in [6.45, 7) is 1.94. The van der Waals surface area contributed by atoms with E-state index in [0.717, 1.165) is 12.5 Å². The standard InChI is InChI=1S/C26H23ClF3NO2S/c1-25(33,15-31-14-19(27)21(32)22-20(31)11-12-34-22)23(28)26(2,24(29)30)18-10-6-9-17(13-18)16-7-4-3-5-8-16/h3-14,23-24,33H,15H2,1-2H3. The third-order valence-corrected chi connectivity index (χ3v) is 7.43. The Morgan fingerprint density at radius 1 is 1.03 bits per heavy atom. The zero-order valence-electron chi connectivity index (χ0n) is 18.5. The summed E-state index contributed by atoms with van der Waals surface area (Å²) >= 11 is 7.22. The molecule has 0 aliphatic rings. The molecule has 3 atom stereocenters. The van der Waals surface area contributed by atoms with E-state index in [1.54, 1.807) is 23.6 Å². The number of aromatic nitrogens is 1. The topological polar surface area (TPSA) is 42.2 Å². The number of benzene rings is 2. The van der Waals surface area contributed by atoms with Crippen molar-refractivity contribution in [1.82, 2.24) is 4.57 Å². The molecule has 0 radical (unpaired) electrons. The lowest BCUT2D eigenvalue weighted by Crippen LogP contribution is -2.54. The summed E-state index contributed by atoms with van der Waals surface area (Å²) in [6, 6.07) is 17.2. The van der Waals surface area contributed by atoms with E-state index in [4.69, 9.17) is 11.6 Å². The Kier molecular flexibility index (Phi) is 6.64. The highest BCUT2D eigenvalue weighted by molar-refractivity contribution is 7.17. The van der Waals surface area contributed by atoms with Crippen molar-refractivity contribution >= 4 is 33.2 Å². The number of halogens is 4. The predicted molar refractivity (Wildman–Crippen MR) is 132 cm³/mol. The Balaban J connectivity index is 1.75. The van der Waals surface area contributed by atoms with Crippen LogP contribution in [0.2, 0.25) is 5.02 Å². The summed E-state index contributed by atoms with van der Waals surface area (Å²) in [5, 5.41) is 12.8. The lowest BCUT2D eigenvalue weighted by molar-refractivity contribution is -0.101. The average Bonchev–Trinajstić information content (AvgIpc) is 3.32. The number of rotatable bonds is 7. The maximum atomic E-state index is 16.1. The molecule has 0 saturated heterocycles. The molecule has 4 aromatic rings. The van der Waals surface area contributed by atoms with E-state index in [1.165, 1.54) is 41.2 Å². The fourth-order valence-corrected chi connectivity index (χ4v) is 5.45. The molecule has 0 spiro atoms. The minimum Gasteiger partial charge on any atom is -0.385 e. The number of hydrogen-bond acceptors (Lipinski definition) is 3. The fourth-order valence-electron chi connectivity index (χ4n) is 4.32. The fraction of sp³-hybridized carbons (Fsp3) is 0.269. The van der Waals surface area contributed by atoms with Crippen molar-refractivity contribution in [2.45, 2.75) is 44.0 Å². The third-order valence-electron chi connectivity index (χ3n) is 6.25. The van der Waals surface area contributed by atoms with Crippen molar-refractivity contribution < 1.29 is 18.3 Å². The molecule has 0 amide bonds. The van der Waals surface area contributed by atoms with Gasteiger partial charge in [-0.15, -0.1) is 11.3 Å². The molecule has 0 bridgehead atoms. The molecule has 3 unspecified atom stereocenters. The van der Waals surface area contributed by atoms with Gasteiger partial charge >= 0.3 is 0 Å². The molecule has 8 heteroatoms. The van der Waals surface area contributed by atoms with E-state index < -0.39 is 23.6 Å².